The maximum Gasteiger partial charge on any atom is 0.287 e. The first-order valence-corrected chi connectivity index (χ1v) is 7.50. The van der Waals surface area contributed by atoms with Gasteiger partial charge in [-0.25, -0.2) is 0 Å². The summed E-state index contributed by atoms with van der Waals surface area (Å²) in [6, 6.07) is 2.89. The second-order valence-electron chi connectivity index (χ2n) is 5.54. The fraction of sp³-hybridized carbons (Fsp3) is 0.467. The second kappa shape index (κ2) is 6.64. The Morgan fingerprint density at radius 2 is 2.22 bits per heavy atom. The quantitative estimate of drug-likeness (QED) is 0.831. The fourth-order valence-electron chi connectivity index (χ4n) is 2.54. The molecule has 3 heterocycles. The van der Waals surface area contributed by atoms with E-state index >= 15 is 0 Å². The van der Waals surface area contributed by atoms with Gasteiger partial charge in [-0.15, -0.1) is 10.2 Å². The molecule has 0 aliphatic carbocycles. The smallest absolute Gasteiger partial charge is 0.287 e. The van der Waals surface area contributed by atoms with Gasteiger partial charge in [-0.2, -0.15) is 10.2 Å². The van der Waals surface area contributed by atoms with Crippen LogP contribution in [0.1, 0.15) is 18.5 Å². The average Bonchev–Trinajstić information content (AvgIpc) is 2.57. The highest BCUT2D eigenvalue weighted by Gasteiger charge is 2.30. The molecule has 23 heavy (non-hydrogen) atoms. The molecule has 1 saturated heterocycles. The molecular weight excluding hydrogens is 298 g/mol. The van der Waals surface area contributed by atoms with E-state index in [9.17, 15) is 9.59 Å². The minimum Gasteiger partial charge on any atom is -0.471 e. The van der Waals surface area contributed by atoms with Crippen LogP contribution in [0.2, 0.25) is 0 Å². The number of aromatic nitrogens is 2. The Morgan fingerprint density at radius 1 is 1.35 bits per heavy atom. The van der Waals surface area contributed by atoms with Gasteiger partial charge in [-0.1, -0.05) is 0 Å². The highest BCUT2D eigenvalue weighted by Crippen LogP contribution is 2.18. The summed E-state index contributed by atoms with van der Waals surface area (Å²) < 4.78 is 5.80. The fourth-order valence-corrected chi connectivity index (χ4v) is 2.54. The monoisotopic (exact) mass is 315 g/mol. The second-order valence-corrected chi connectivity index (χ2v) is 5.54. The van der Waals surface area contributed by atoms with E-state index in [0.717, 1.165) is 18.5 Å². The lowest BCUT2D eigenvalue weighted by atomic mass is 10.1. The minimum atomic E-state index is -0.717. The standard InChI is InChI=1S/C15H17N5O3/c1-10-4-7-14(19-16-10)23-11-3-2-8-20(9-11)15(22)12-5-6-13(21)18-17-12/h4-7,11-12H,2-3,8-9H2,1H3. The van der Waals surface area contributed by atoms with Crippen molar-refractivity contribution >= 4 is 11.8 Å². The molecule has 1 aromatic rings. The Morgan fingerprint density at radius 3 is 2.91 bits per heavy atom. The first-order chi connectivity index (χ1) is 11.1. The summed E-state index contributed by atoms with van der Waals surface area (Å²) in [6.45, 7) is 2.96. The van der Waals surface area contributed by atoms with Crippen molar-refractivity contribution < 1.29 is 14.3 Å². The molecule has 8 nitrogen and oxygen atoms in total. The molecular formula is C15H17N5O3. The predicted octanol–water partition coefficient (Wildman–Crippen LogP) is 1.07. The lowest BCUT2D eigenvalue weighted by Crippen LogP contribution is -2.47. The van der Waals surface area contributed by atoms with Crippen LogP contribution in [0.5, 0.6) is 5.88 Å². The molecule has 3 rings (SSSR count). The number of ether oxygens (including phenoxy) is 1. The zero-order valence-electron chi connectivity index (χ0n) is 12.8. The molecule has 2 atom stereocenters. The number of nitrogens with zero attached hydrogens (tertiary/aromatic N) is 5. The zero-order chi connectivity index (χ0) is 16.2. The van der Waals surface area contributed by atoms with E-state index in [0.29, 0.717) is 19.0 Å². The van der Waals surface area contributed by atoms with Crippen LogP contribution in [0.3, 0.4) is 0 Å². The topological polar surface area (TPSA) is 97.1 Å². The van der Waals surface area contributed by atoms with Gasteiger partial charge < -0.3 is 9.64 Å². The van der Waals surface area contributed by atoms with Gasteiger partial charge in [0.1, 0.15) is 6.10 Å². The van der Waals surface area contributed by atoms with Gasteiger partial charge >= 0.3 is 0 Å². The largest absolute Gasteiger partial charge is 0.471 e. The van der Waals surface area contributed by atoms with E-state index in [1.165, 1.54) is 12.2 Å². The maximum atomic E-state index is 12.4. The van der Waals surface area contributed by atoms with E-state index in [2.05, 4.69) is 20.4 Å². The Balaban J connectivity index is 1.60. The summed E-state index contributed by atoms with van der Waals surface area (Å²) >= 11 is 0. The normalized spacial score (nSPS) is 23.9. The van der Waals surface area contributed by atoms with Crippen LogP contribution in [-0.2, 0) is 9.59 Å². The van der Waals surface area contributed by atoms with Crippen molar-refractivity contribution in [1.29, 1.82) is 0 Å². The molecule has 8 heteroatoms. The number of azo groups is 1. The van der Waals surface area contributed by atoms with Crippen LogP contribution in [-0.4, -0.2) is 52.1 Å². The molecule has 0 radical (unpaired) electrons. The lowest BCUT2D eigenvalue weighted by Gasteiger charge is -2.33. The van der Waals surface area contributed by atoms with Gasteiger partial charge in [0.15, 0.2) is 6.04 Å². The van der Waals surface area contributed by atoms with Gasteiger partial charge in [0, 0.05) is 18.7 Å². The Hall–Kier alpha value is -2.64. The van der Waals surface area contributed by atoms with Crippen molar-refractivity contribution in [3.05, 3.63) is 30.0 Å². The molecule has 0 spiro atoms. The molecule has 1 aromatic heterocycles. The Kier molecular flexibility index (Phi) is 4.40. The van der Waals surface area contributed by atoms with E-state index in [1.54, 1.807) is 11.0 Å². The third-order valence-electron chi connectivity index (χ3n) is 3.71. The number of carbonyl (C=O) groups excluding carboxylic acids is 2. The molecule has 1 fully saturated rings. The van der Waals surface area contributed by atoms with Crippen molar-refractivity contribution in [1.82, 2.24) is 15.1 Å². The van der Waals surface area contributed by atoms with Crippen LogP contribution in [0.25, 0.3) is 0 Å². The summed E-state index contributed by atoms with van der Waals surface area (Å²) in [4.78, 5) is 25.1. The van der Waals surface area contributed by atoms with Crippen molar-refractivity contribution in [2.45, 2.75) is 31.9 Å². The molecule has 2 aliphatic heterocycles. The van der Waals surface area contributed by atoms with Gasteiger partial charge in [0.2, 0.25) is 5.88 Å². The summed E-state index contributed by atoms with van der Waals surface area (Å²) in [5, 5.41) is 15.1. The van der Waals surface area contributed by atoms with Crippen LogP contribution in [0, 0.1) is 6.92 Å². The van der Waals surface area contributed by atoms with Crippen LogP contribution in [0.4, 0.5) is 0 Å². The maximum absolute atomic E-state index is 12.4. The molecule has 0 aromatic carbocycles. The first-order valence-electron chi connectivity index (χ1n) is 7.50. The molecule has 2 amide bonds. The molecule has 0 saturated carbocycles. The number of hydrogen-bond donors (Lipinski definition) is 0. The zero-order valence-corrected chi connectivity index (χ0v) is 12.8. The number of aryl methyl sites for hydroxylation is 1. The van der Waals surface area contributed by atoms with Crippen molar-refractivity contribution in [3.63, 3.8) is 0 Å². The van der Waals surface area contributed by atoms with Crippen LogP contribution < -0.4 is 4.74 Å². The average molecular weight is 315 g/mol. The van der Waals surface area contributed by atoms with E-state index in [1.807, 2.05) is 13.0 Å². The van der Waals surface area contributed by atoms with Crippen molar-refractivity contribution in [2.75, 3.05) is 13.1 Å². The Bertz CT molecular complexity index is 640. The van der Waals surface area contributed by atoms with E-state index in [4.69, 9.17) is 4.74 Å². The summed E-state index contributed by atoms with van der Waals surface area (Å²) in [6.07, 6.45) is 4.31. The number of amides is 2. The third-order valence-corrected chi connectivity index (χ3v) is 3.71. The SMILES string of the molecule is Cc1ccc(OC2CCCN(C(=O)C3C=CC(=O)N=N3)C2)nn1. The number of carbonyl (C=O) groups is 2. The van der Waals surface area contributed by atoms with E-state index < -0.39 is 11.9 Å². The molecule has 2 aliphatic rings. The van der Waals surface area contributed by atoms with Crippen LogP contribution in [0.15, 0.2) is 34.5 Å². The highest BCUT2D eigenvalue weighted by molar-refractivity contribution is 5.92. The molecule has 0 N–H and O–H groups in total. The van der Waals surface area contributed by atoms with Gasteiger partial charge in [0.25, 0.3) is 11.8 Å². The number of piperidine rings is 1. The number of rotatable bonds is 3. The van der Waals surface area contributed by atoms with Crippen molar-refractivity contribution in [3.8, 4) is 5.88 Å². The lowest BCUT2D eigenvalue weighted by molar-refractivity contribution is -0.134. The highest BCUT2D eigenvalue weighted by atomic mass is 16.5. The summed E-state index contributed by atoms with van der Waals surface area (Å²) in [7, 11) is 0. The summed E-state index contributed by atoms with van der Waals surface area (Å²) in [5.41, 5.74) is 0.821. The predicted molar refractivity (Wildman–Crippen MR) is 79.8 cm³/mol. The molecule has 120 valence electrons. The Labute approximate surface area is 133 Å². The van der Waals surface area contributed by atoms with Gasteiger partial charge in [-0.05, 0) is 31.9 Å². The van der Waals surface area contributed by atoms with Crippen LogP contribution >= 0.6 is 0 Å². The van der Waals surface area contributed by atoms with Crippen molar-refractivity contribution in [2.24, 2.45) is 10.2 Å². The number of likely N-dealkylation sites (tertiary alicyclic amines) is 1. The molecule has 2 unspecified atom stereocenters. The first kappa shape index (κ1) is 15.3. The minimum absolute atomic E-state index is 0.129. The molecule has 0 bridgehead atoms. The number of hydrogen-bond acceptors (Lipinski definition) is 6. The summed E-state index contributed by atoms with van der Waals surface area (Å²) in [5.74, 6) is -0.148. The van der Waals surface area contributed by atoms with E-state index in [-0.39, 0.29) is 12.0 Å². The third kappa shape index (κ3) is 3.77. The van der Waals surface area contributed by atoms with Gasteiger partial charge in [0.05, 0.1) is 12.2 Å². The van der Waals surface area contributed by atoms with Gasteiger partial charge in [-0.3, -0.25) is 9.59 Å².